The Morgan fingerprint density at radius 2 is 2.00 bits per heavy atom. The zero-order valence-corrected chi connectivity index (χ0v) is 12.5. The predicted octanol–water partition coefficient (Wildman–Crippen LogP) is 2.38. The van der Waals surface area contributed by atoms with Crippen LogP contribution in [0.4, 0.5) is 0 Å². The molecule has 4 nitrogen and oxygen atoms in total. The second kappa shape index (κ2) is 5.81. The van der Waals surface area contributed by atoms with E-state index in [-0.39, 0.29) is 12.3 Å². The zero-order chi connectivity index (χ0) is 13.9. The minimum absolute atomic E-state index is 0.00400. The molecule has 2 aromatic rings. The third-order valence-electron chi connectivity index (χ3n) is 2.72. The average molecular weight is 296 g/mol. The summed E-state index contributed by atoms with van der Waals surface area (Å²) >= 11 is 1.50. The number of hydrogen-bond donors (Lipinski definition) is 1. The van der Waals surface area contributed by atoms with Gasteiger partial charge in [-0.2, -0.15) is 0 Å². The minimum Gasteiger partial charge on any atom is -0.248 e. The van der Waals surface area contributed by atoms with Crippen LogP contribution in [0.1, 0.15) is 21.0 Å². The Kier molecular flexibility index (Phi) is 4.34. The Bertz CT molecular complexity index is 663. The van der Waals surface area contributed by atoms with E-state index in [1.54, 1.807) is 6.20 Å². The van der Waals surface area contributed by atoms with E-state index in [0.29, 0.717) is 0 Å². The molecule has 0 saturated carbocycles. The fraction of sp³-hybridized carbons (Fsp3) is 0.308. The molecule has 2 rings (SSSR count). The van der Waals surface area contributed by atoms with Gasteiger partial charge in [-0.15, -0.1) is 11.3 Å². The van der Waals surface area contributed by atoms with E-state index in [0.717, 1.165) is 21.0 Å². The van der Waals surface area contributed by atoms with Crippen LogP contribution in [0.3, 0.4) is 0 Å². The number of nitrogens with one attached hydrogen (secondary N) is 1. The van der Waals surface area contributed by atoms with Gasteiger partial charge in [0.05, 0.1) is 12.3 Å². The number of sulfonamides is 1. The molecule has 0 aliphatic carbocycles. The van der Waals surface area contributed by atoms with Crippen molar-refractivity contribution in [1.29, 1.82) is 0 Å². The Morgan fingerprint density at radius 1 is 1.26 bits per heavy atom. The number of nitrogens with zero attached hydrogens (tertiary/aromatic N) is 1. The average Bonchev–Trinajstić information content (AvgIpc) is 2.76. The first-order chi connectivity index (χ1) is 8.96. The summed E-state index contributed by atoms with van der Waals surface area (Å²) in [5.41, 5.74) is 1.81. The van der Waals surface area contributed by atoms with Crippen LogP contribution in [-0.4, -0.2) is 13.4 Å². The molecule has 6 heteroatoms. The maximum absolute atomic E-state index is 12.0. The standard InChI is InChI=1S/C13H16N2O2S2/c1-10-5-3-4-6-12(10)9-19(16,17)15-8-13-14-7-11(2)18-13/h3-7,15H,8-9H2,1-2H3. The summed E-state index contributed by atoms with van der Waals surface area (Å²) in [6, 6.07) is 7.50. The lowest BCUT2D eigenvalue weighted by Crippen LogP contribution is -2.24. The van der Waals surface area contributed by atoms with E-state index in [4.69, 9.17) is 0 Å². The Hall–Kier alpha value is -1.24. The summed E-state index contributed by atoms with van der Waals surface area (Å²) in [7, 11) is -3.33. The highest BCUT2D eigenvalue weighted by molar-refractivity contribution is 7.88. The third kappa shape index (κ3) is 4.12. The highest BCUT2D eigenvalue weighted by Crippen LogP contribution is 2.13. The summed E-state index contributed by atoms with van der Waals surface area (Å²) in [5, 5.41) is 0.783. The van der Waals surface area contributed by atoms with Crippen LogP contribution in [0, 0.1) is 13.8 Å². The first kappa shape index (κ1) is 14.2. The van der Waals surface area contributed by atoms with E-state index in [1.807, 2.05) is 38.1 Å². The van der Waals surface area contributed by atoms with Crippen LogP contribution >= 0.6 is 11.3 Å². The molecule has 0 spiro atoms. The molecule has 102 valence electrons. The van der Waals surface area contributed by atoms with E-state index >= 15 is 0 Å². The second-order valence-corrected chi connectivity index (χ2v) is 7.50. The quantitative estimate of drug-likeness (QED) is 0.921. The van der Waals surface area contributed by atoms with E-state index in [1.165, 1.54) is 11.3 Å². The fourth-order valence-electron chi connectivity index (χ4n) is 1.68. The second-order valence-electron chi connectivity index (χ2n) is 4.37. The normalized spacial score (nSPS) is 11.7. The van der Waals surface area contributed by atoms with E-state index in [2.05, 4.69) is 9.71 Å². The number of hydrogen-bond acceptors (Lipinski definition) is 4. The van der Waals surface area contributed by atoms with Crippen molar-refractivity contribution in [2.45, 2.75) is 26.1 Å². The van der Waals surface area contributed by atoms with Crippen molar-refractivity contribution >= 4 is 21.4 Å². The molecule has 0 fully saturated rings. The molecule has 1 aromatic carbocycles. The van der Waals surface area contributed by atoms with Crippen LogP contribution in [0.2, 0.25) is 0 Å². The molecule has 0 aliphatic rings. The minimum atomic E-state index is -3.33. The van der Waals surface area contributed by atoms with Crippen molar-refractivity contribution in [3.63, 3.8) is 0 Å². The van der Waals surface area contributed by atoms with Gasteiger partial charge in [0, 0.05) is 11.1 Å². The highest BCUT2D eigenvalue weighted by Gasteiger charge is 2.13. The van der Waals surface area contributed by atoms with Gasteiger partial charge >= 0.3 is 0 Å². The van der Waals surface area contributed by atoms with E-state index < -0.39 is 10.0 Å². The molecule has 0 saturated heterocycles. The lowest BCUT2D eigenvalue weighted by atomic mass is 10.1. The largest absolute Gasteiger partial charge is 0.248 e. The van der Waals surface area contributed by atoms with Gasteiger partial charge in [0.2, 0.25) is 10.0 Å². The number of aromatic nitrogens is 1. The maximum atomic E-state index is 12.0. The Balaban J connectivity index is 2.01. The summed E-state index contributed by atoms with van der Waals surface area (Å²) in [4.78, 5) is 5.21. The molecule has 1 N–H and O–H groups in total. The summed E-state index contributed by atoms with van der Waals surface area (Å²) < 4.78 is 26.6. The first-order valence-corrected chi connectivity index (χ1v) is 8.36. The first-order valence-electron chi connectivity index (χ1n) is 5.89. The van der Waals surface area contributed by atoms with Gasteiger partial charge < -0.3 is 0 Å². The molecule has 0 amide bonds. The number of rotatable bonds is 5. The van der Waals surface area contributed by atoms with E-state index in [9.17, 15) is 8.42 Å². The molecule has 0 bridgehead atoms. The Labute approximate surface area is 117 Å². The van der Waals surface area contributed by atoms with Crippen LogP contribution in [0.5, 0.6) is 0 Å². The zero-order valence-electron chi connectivity index (χ0n) is 10.9. The third-order valence-corrected chi connectivity index (χ3v) is 4.91. The lowest BCUT2D eigenvalue weighted by molar-refractivity contribution is 0.580. The molecule has 19 heavy (non-hydrogen) atoms. The molecular formula is C13H16N2O2S2. The molecule has 0 radical (unpaired) electrons. The molecule has 0 atom stereocenters. The van der Waals surface area contributed by atoms with Crippen LogP contribution in [0.25, 0.3) is 0 Å². The molecule has 0 unspecified atom stereocenters. The predicted molar refractivity (Wildman–Crippen MR) is 77.5 cm³/mol. The molecular weight excluding hydrogens is 280 g/mol. The summed E-state index contributed by atoms with van der Waals surface area (Å²) in [6.45, 7) is 4.12. The molecule has 1 heterocycles. The van der Waals surface area contributed by atoms with Gasteiger partial charge in [-0.3, -0.25) is 0 Å². The summed E-state index contributed by atoms with van der Waals surface area (Å²) in [6.07, 6.45) is 1.75. The van der Waals surface area contributed by atoms with Crippen molar-refractivity contribution in [3.05, 3.63) is 51.5 Å². The van der Waals surface area contributed by atoms with Gasteiger partial charge in [-0.05, 0) is 25.0 Å². The van der Waals surface area contributed by atoms with Crippen LogP contribution in [0.15, 0.2) is 30.5 Å². The lowest BCUT2D eigenvalue weighted by Gasteiger charge is -2.07. The maximum Gasteiger partial charge on any atom is 0.216 e. The van der Waals surface area contributed by atoms with Crippen LogP contribution < -0.4 is 4.72 Å². The van der Waals surface area contributed by atoms with Gasteiger partial charge in [-0.1, -0.05) is 24.3 Å². The number of benzene rings is 1. The number of thiazole rings is 1. The highest BCUT2D eigenvalue weighted by atomic mass is 32.2. The van der Waals surface area contributed by atoms with Crippen molar-refractivity contribution in [2.24, 2.45) is 0 Å². The van der Waals surface area contributed by atoms with Gasteiger partial charge in [0.25, 0.3) is 0 Å². The fourth-order valence-corrected chi connectivity index (χ4v) is 3.69. The Morgan fingerprint density at radius 3 is 2.63 bits per heavy atom. The van der Waals surface area contributed by atoms with Crippen molar-refractivity contribution in [3.8, 4) is 0 Å². The van der Waals surface area contributed by atoms with Crippen molar-refractivity contribution in [1.82, 2.24) is 9.71 Å². The summed E-state index contributed by atoms with van der Waals surface area (Å²) in [5.74, 6) is 0.00400. The smallest absolute Gasteiger partial charge is 0.216 e. The monoisotopic (exact) mass is 296 g/mol. The van der Waals surface area contributed by atoms with Crippen molar-refractivity contribution < 1.29 is 8.42 Å². The molecule has 0 aliphatic heterocycles. The topological polar surface area (TPSA) is 59.1 Å². The van der Waals surface area contributed by atoms with Crippen LogP contribution in [-0.2, 0) is 22.3 Å². The van der Waals surface area contributed by atoms with Gasteiger partial charge in [0.15, 0.2) is 0 Å². The van der Waals surface area contributed by atoms with Gasteiger partial charge in [-0.25, -0.2) is 18.1 Å². The SMILES string of the molecule is Cc1cnc(CNS(=O)(=O)Cc2ccccc2C)s1. The molecule has 1 aromatic heterocycles. The number of aryl methyl sites for hydroxylation is 2. The van der Waals surface area contributed by atoms with Crippen molar-refractivity contribution in [2.75, 3.05) is 0 Å². The van der Waals surface area contributed by atoms with Gasteiger partial charge in [0.1, 0.15) is 5.01 Å².